The maximum absolute atomic E-state index is 14.2. The summed E-state index contributed by atoms with van der Waals surface area (Å²) in [5.74, 6) is -0.794. The number of carboxylic acid groups (broad SMARTS) is 1. The van der Waals surface area contributed by atoms with Crippen molar-refractivity contribution in [2.45, 2.75) is 153 Å². The van der Waals surface area contributed by atoms with Gasteiger partial charge in [-0.3, -0.25) is 4.79 Å². The van der Waals surface area contributed by atoms with Gasteiger partial charge in [-0.05, 0) is 173 Å². The number of halogens is 1. The highest BCUT2D eigenvalue weighted by molar-refractivity contribution is 7.93. The van der Waals surface area contributed by atoms with E-state index < -0.39 is 38.8 Å². The third kappa shape index (κ3) is 13.7. The first-order chi connectivity index (χ1) is 40.0. The number of carbonyl (C=O) groups is 2. The monoisotopic (exact) mass is 1180 g/mol. The van der Waals surface area contributed by atoms with Gasteiger partial charge in [-0.15, -0.1) is 12.4 Å². The lowest BCUT2D eigenvalue weighted by atomic mass is 9.75. The van der Waals surface area contributed by atoms with Crippen LogP contribution in [-0.4, -0.2) is 96.0 Å². The standard InChI is InChI=1S/C31H38N4O5S.C31H36N4O4S.ClH/c1-19(2)13-23(32-24-16-31(17-24)11-12-31)18-40-27-15-26(28-20(3)7-5-8-21(28)4)33-30(34-27)35-41(38,39)25-10-6-9-22(14-25)29(36)37;1-19(2)13-23-18-39-27-15-26(28-20(3)7-5-8-21(28)4)32-30(33-27)34-40(37,38)25-10-6-9-22(14-25)29(36)35(23)24-16-31(17-24)11-12-31;/h5-10,14-15,19,23-24,32H,11-13,16-18H2,1-4H3,(H,36,37)(H,33,34,35);5-10,14-15,19,23-24H,11-13,16-18H2,1-4H3,(H,32,33,34);1H/t2*23-;/m11./s1/i2*11D2;/t2*23-,24?,31?;. The number of carbonyl (C=O) groups excluding carboxylic acids is 1. The molecule has 1 aliphatic heterocycles. The van der Waals surface area contributed by atoms with E-state index in [2.05, 4.69) is 62.4 Å². The second-order valence-electron chi connectivity index (χ2n) is 23.5. The molecule has 0 radical (unpaired) electrons. The minimum absolute atomic E-state index is 0. The molecule has 3 heterocycles. The molecule has 2 atom stereocenters. The lowest BCUT2D eigenvalue weighted by molar-refractivity contribution is 0.00917. The SMILES string of the molecule is Cl.[2H]C1([2H])CC12CC(N1C(=O)c3cccc(c3)S(=O)(=O)Nc3nc(cc(-c4c(C)cccc4C)n3)OC[C@H]1CC(C)C)C2.[2H]C1([2H])CC12CC(N[C@@H](COc1cc(-c3c(C)cccc3C)nc(NS(=O)(=O)c3cccc(C(=O)O)c3)n1)CC(C)C)C2. The number of benzene rings is 4. The minimum atomic E-state index is -4.22. The summed E-state index contributed by atoms with van der Waals surface area (Å²) in [6.07, 6.45) is 3.15. The fourth-order valence-corrected chi connectivity index (χ4v) is 13.6. The summed E-state index contributed by atoms with van der Waals surface area (Å²) in [7, 11) is -8.35. The molecule has 4 saturated carbocycles. The van der Waals surface area contributed by atoms with Gasteiger partial charge in [0, 0.05) is 52.4 Å². The number of fused-ring (bicyclic) bond motifs is 4. The molecule has 4 aliphatic carbocycles. The van der Waals surface area contributed by atoms with Gasteiger partial charge in [-0.2, -0.15) is 9.97 Å². The molecule has 82 heavy (non-hydrogen) atoms. The molecule has 436 valence electrons. The van der Waals surface area contributed by atoms with Crippen molar-refractivity contribution in [3.63, 3.8) is 0 Å². The zero-order chi connectivity index (χ0) is 61.2. The Hall–Kier alpha value is -6.67. The van der Waals surface area contributed by atoms with Crippen LogP contribution < -0.4 is 24.2 Å². The molecule has 4 fully saturated rings. The molecular weight excluding hydrogens is 1100 g/mol. The molecule has 0 unspecified atom stereocenters. The van der Waals surface area contributed by atoms with Crippen molar-refractivity contribution >= 4 is 56.2 Å². The van der Waals surface area contributed by atoms with Crippen LogP contribution in [0.25, 0.3) is 22.5 Å². The highest BCUT2D eigenvalue weighted by atomic mass is 35.5. The Morgan fingerprint density at radius 1 is 0.817 bits per heavy atom. The van der Waals surface area contributed by atoms with Crippen molar-refractivity contribution in [2.75, 3.05) is 22.7 Å². The van der Waals surface area contributed by atoms with Gasteiger partial charge in [0.05, 0.1) is 32.8 Å². The zero-order valence-electron chi connectivity index (χ0n) is 51.4. The van der Waals surface area contributed by atoms with Crippen LogP contribution >= 0.6 is 12.4 Å². The van der Waals surface area contributed by atoms with Gasteiger partial charge < -0.3 is 24.8 Å². The summed E-state index contributed by atoms with van der Waals surface area (Å²) in [6, 6.07) is 25.9. The number of hydrogen-bond donors (Lipinski definition) is 4. The largest absolute Gasteiger partial charge is 0.478 e. The molecule has 2 aromatic heterocycles. The quantitative estimate of drug-likeness (QED) is 0.0706. The summed E-state index contributed by atoms with van der Waals surface area (Å²) < 4.78 is 104. The van der Waals surface area contributed by atoms with Crippen LogP contribution in [0.15, 0.2) is 107 Å². The second kappa shape index (κ2) is 23.9. The van der Waals surface area contributed by atoms with E-state index in [9.17, 15) is 31.5 Å². The topological polar surface area (TPSA) is 232 Å². The van der Waals surface area contributed by atoms with E-state index in [4.69, 9.17) is 15.0 Å². The highest BCUT2D eigenvalue weighted by Crippen LogP contribution is 2.62. The number of nitrogens with one attached hydrogen (secondary N) is 3. The van der Waals surface area contributed by atoms with Crippen LogP contribution in [0.5, 0.6) is 11.8 Å². The van der Waals surface area contributed by atoms with Crippen molar-refractivity contribution in [1.29, 1.82) is 0 Å². The number of nitrogens with zero attached hydrogens (tertiary/aromatic N) is 5. The maximum atomic E-state index is 14.2. The number of aromatic nitrogens is 4. The van der Waals surface area contributed by atoms with Crippen molar-refractivity contribution < 1.29 is 46.5 Å². The molecule has 4 aromatic carbocycles. The highest BCUT2D eigenvalue weighted by Gasteiger charge is 2.56. The normalized spacial score (nSPS) is 24.5. The van der Waals surface area contributed by atoms with Crippen LogP contribution in [0.3, 0.4) is 0 Å². The molecule has 20 heteroatoms. The van der Waals surface area contributed by atoms with Gasteiger partial charge in [0.1, 0.15) is 13.2 Å². The van der Waals surface area contributed by atoms with Crippen molar-refractivity contribution in [3.05, 3.63) is 130 Å². The molecule has 6 aromatic rings. The van der Waals surface area contributed by atoms with Gasteiger partial charge in [-0.1, -0.05) is 76.2 Å². The van der Waals surface area contributed by atoms with Crippen LogP contribution in [0.4, 0.5) is 11.9 Å². The second-order valence-corrected chi connectivity index (χ2v) is 26.8. The lowest BCUT2D eigenvalue weighted by Crippen LogP contribution is -2.55. The van der Waals surface area contributed by atoms with Crippen molar-refractivity contribution in [1.82, 2.24) is 30.2 Å². The zero-order valence-corrected chi connectivity index (χ0v) is 49.9. The van der Waals surface area contributed by atoms with Crippen molar-refractivity contribution in [2.24, 2.45) is 22.7 Å². The van der Waals surface area contributed by atoms with Crippen LogP contribution in [-0.2, 0) is 20.0 Å². The summed E-state index contributed by atoms with van der Waals surface area (Å²) in [4.78, 5) is 45.0. The van der Waals surface area contributed by atoms with E-state index >= 15 is 0 Å². The molecule has 11 rings (SSSR count). The molecule has 5 aliphatic rings. The summed E-state index contributed by atoms with van der Waals surface area (Å²) in [5, 5.41) is 13.0. The summed E-state index contributed by atoms with van der Waals surface area (Å²) in [5.41, 5.74) is 6.13. The van der Waals surface area contributed by atoms with Gasteiger partial charge in [0.25, 0.3) is 26.0 Å². The molecule has 1 amide bonds. The van der Waals surface area contributed by atoms with Gasteiger partial charge >= 0.3 is 5.97 Å². The fourth-order valence-electron chi connectivity index (χ4n) is 11.6. The van der Waals surface area contributed by atoms with Crippen LogP contribution in [0.1, 0.15) is 140 Å². The first-order valence-corrected chi connectivity index (χ1v) is 30.7. The minimum Gasteiger partial charge on any atom is -0.478 e. The molecule has 4 N–H and O–H groups in total. The maximum Gasteiger partial charge on any atom is 0.335 e. The molecule has 2 spiro atoms. The number of aromatic carboxylic acids is 1. The van der Waals surface area contributed by atoms with Crippen molar-refractivity contribution in [3.8, 4) is 34.3 Å². The van der Waals surface area contributed by atoms with E-state index in [1.54, 1.807) is 24.3 Å². The van der Waals surface area contributed by atoms with E-state index in [-0.39, 0.29) is 117 Å². The lowest BCUT2D eigenvalue weighted by Gasteiger charge is -2.47. The third-order valence-corrected chi connectivity index (χ3v) is 18.5. The fraction of sp³-hybridized carbons (Fsp3) is 0.452. The average Bonchev–Trinajstić information content (AvgIpc) is 1.54. The average molecular weight is 1180 g/mol. The predicted molar refractivity (Wildman–Crippen MR) is 319 cm³/mol. The molecule has 0 saturated heterocycles. The smallest absolute Gasteiger partial charge is 0.335 e. The summed E-state index contributed by atoms with van der Waals surface area (Å²) in [6.45, 7) is 16.7. The van der Waals surface area contributed by atoms with E-state index in [0.29, 0.717) is 49.4 Å². The van der Waals surface area contributed by atoms with Gasteiger partial charge in [-0.25, -0.2) is 41.0 Å². The Morgan fingerprint density at radius 2 is 1.41 bits per heavy atom. The molecular formula is C62H75ClN8O9S2. The predicted octanol–water partition coefficient (Wildman–Crippen LogP) is 11.8. The number of anilines is 2. The Kier molecular flexibility index (Phi) is 15.9. The number of sulfonamides is 2. The van der Waals surface area contributed by atoms with Crippen LogP contribution in [0, 0.1) is 50.4 Å². The van der Waals surface area contributed by atoms with Crippen LogP contribution in [0.2, 0.25) is 0 Å². The van der Waals surface area contributed by atoms with E-state index in [1.165, 1.54) is 30.3 Å². The molecule has 4 bridgehead atoms. The number of rotatable bonds is 16. The number of amides is 1. The first-order valence-electron chi connectivity index (χ1n) is 29.7. The number of hydrogen-bond acceptors (Lipinski definition) is 13. The Bertz CT molecular complexity index is 3770. The molecule has 17 nitrogen and oxygen atoms in total. The Balaban J connectivity index is 0.000000203. The first kappa shape index (κ1) is 54.6. The van der Waals surface area contributed by atoms with Gasteiger partial charge in [0.15, 0.2) is 0 Å². The Labute approximate surface area is 494 Å². The van der Waals surface area contributed by atoms with Gasteiger partial charge in [0.2, 0.25) is 23.7 Å². The number of aryl methyl sites for hydroxylation is 4. The third-order valence-electron chi connectivity index (χ3n) is 15.8. The van der Waals surface area contributed by atoms with E-state index in [1.807, 2.05) is 69.0 Å². The Morgan fingerprint density at radius 3 is 2.01 bits per heavy atom. The summed E-state index contributed by atoms with van der Waals surface area (Å²) >= 11 is 0. The van der Waals surface area contributed by atoms with E-state index in [0.717, 1.165) is 58.7 Å². The number of ether oxygens (including phenoxy) is 2. The number of carboxylic acids is 1.